The van der Waals surface area contributed by atoms with E-state index in [4.69, 9.17) is 34.1 Å². The molecule has 0 aromatic heterocycles. The number of carbonyl (C=O) groups excluding carboxylic acids is 6. The molecule has 3 saturated heterocycles. The Kier molecular flexibility index (Phi) is 32.5. The van der Waals surface area contributed by atoms with Gasteiger partial charge in [-0.3, -0.25) is 43.2 Å². The number of nitrogens with zero attached hydrogens (tertiary/aromatic N) is 5. The summed E-state index contributed by atoms with van der Waals surface area (Å²) in [6.07, 6.45) is 18.5. The number of fused-ring (bicyclic) bond motifs is 3. The van der Waals surface area contributed by atoms with Crippen LogP contribution in [-0.4, -0.2) is 154 Å². The molecule has 0 aromatic rings. The Labute approximate surface area is 679 Å². The van der Waals surface area contributed by atoms with Crippen molar-refractivity contribution in [2.75, 3.05) is 0 Å². The van der Waals surface area contributed by atoms with Crippen molar-refractivity contribution in [3.05, 3.63) is 22.8 Å². The molecule has 576 valence electrons. The van der Waals surface area contributed by atoms with Crippen molar-refractivity contribution in [3.8, 4) is 0 Å². The minimum atomic E-state index is -3.22. The molecule has 12 bridgehead atoms. The minimum absolute atomic E-state index is 0. The molecule has 3 aliphatic heterocycles. The number of nitrogens with one attached hydrogen (secondary N) is 2. The van der Waals surface area contributed by atoms with Gasteiger partial charge in [0.1, 0.15) is 29.3 Å². The number of aliphatic hydroxyl groups is 3. The van der Waals surface area contributed by atoms with Crippen molar-refractivity contribution in [1.29, 1.82) is 0 Å². The van der Waals surface area contributed by atoms with Crippen LogP contribution >= 0.6 is 137 Å². The molecular formula is C68H112Cl3I6N9O13P-. The van der Waals surface area contributed by atoms with Crippen LogP contribution in [0, 0.1) is 82.7 Å². The van der Waals surface area contributed by atoms with E-state index in [-0.39, 0.29) is 107 Å². The molecule has 22 nitrogen and oxygen atoms in total. The second-order valence-electron chi connectivity index (χ2n) is 33.5. The summed E-state index contributed by atoms with van der Waals surface area (Å²) in [4.78, 5) is 91.3. The quantitative estimate of drug-likeness (QED) is 0.0642. The fourth-order valence-corrected chi connectivity index (χ4v) is 22.2. The maximum atomic E-state index is 14.0. The third kappa shape index (κ3) is 20.8. The summed E-state index contributed by atoms with van der Waals surface area (Å²) in [6, 6.07) is -2.28. The molecular weight excluding hydrogens is 2050 g/mol. The Bertz CT molecular complexity index is 3040. The molecule has 15 aliphatic carbocycles. The van der Waals surface area contributed by atoms with Gasteiger partial charge in [-0.15, -0.1) is 24.0 Å². The van der Waals surface area contributed by atoms with Crippen LogP contribution in [0.3, 0.4) is 0 Å². The molecule has 0 aromatic carbocycles. The van der Waals surface area contributed by atoms with E-state index in [0.29, 0.717) is 92.2 Å². The Morgan fingerprint density at radius 3 is 1.10 bits per heavy atom. The molecule has 3 heterocycles. The summed E-state index contributed by atoms with van der Waals surface area (Å²) in [5.41, 5.74) is 7.55. The number of likely N-dealkylation sites (tertiary alicyclic amines) is 3. The van der Waals surface area contributed by atoms with Crippen molar-refractivity contribution < 1.29 is 76.9 Å². The standard InChI is InChI=1S/C23H35N3O5.C23H33N3O4.C18H25N3O2.4CH4.Cl3OP.I3.I2.HI.H2O/c1-21(2,3)31-20(29)25-17(19(28)26-15-5-14(15)6-16(26)18(24)27)22-7-12-4-13(8-22)10-23(30,9-12)11-22;1-21(2,3)30-20(28)25-18(19(27)26-16-6-15(16)7-17(26)24-4)22-8-13-5-14(9-22)11-23(29,10-13)12-22;1-20-14-4-12-3-13(12)21(14)16(22)15(19)17-5-10-2-11(6-17)8-18(23,7-10)9-17;;;;;1-5(2,3)4;1-3-2;1-2;;/h12-17,30H,4-11H2,1-3H3,(H2,24,27)(H,25,29);13-18,29H,5-12H2,1-3H3,(H,25,28);10-15,23H,2-9,19H2;4*1H4;;;;1H;1H2/q;;;;;;;;-1;;;/t12?,13?,14?,15?,16-,17+,22?,23?;13?,14?,15?,16?,17-,18+,22?,23?;10?,11?,12?,13?,14-,15+,17?,18?;;;;;;;;;/m000........./s1. The first-order valence-corrected chi connectivity index (χ1v) is 56.6. The molecule has 6 amide bonds. The molecule has 32 heteroatoms. The van der Waals surface area contributed by atoms with Gasteiger partial charge in [0.25, 0.3) is 5.91 Å². The van der Waals surface area contributed by atoms with Gasteiger partial charge in [0, 0.05) is 79.0 Å². The van der Waals surface area contributed by atoms with Crippen molar-refractivity contribution in [2.45, 2.75) is 308 Å². The minimum Gasteiger partial charge on any atom is -0.444 e. The fourth-order valence-electron chi connectivity index (χ4n) is 22.2. The number of ether oxygens (including phenoxy) is 2. The third-order valence-electron chi connectivity index (χ3n) is 23.8. The van der Waals surface area contributed by atoms with Crippen LogP contribution in [0.25, 0.3) is 9.69 Å². The van der Waals surface area contributed by atoms with E-state index in [9.17, 15) is 48.7 Å². The normalized spacial score (nSPS) is 40.0. The van der Waals surface area contributed by atoms with Crippen LogP contribution in [0.15, 0.2) is 0 Å². The first kappa shape index (κ1) is 93.1. The summed E-state index contributed by atoms with van der Waals surface area (Å²) in [5.74, 6) is 3.00. The number of amides is 6. The maximum absolute atomic E-state index is 14.0. The van der Waals surface area contributed by atoms with Gasteiger partial charge in [-0.2, -0.15) is 0 Å². The SMILES string of the molecule is C.C.C.C.CC(C)(C)OC(=O)N[C@H](C(=O)N1C2CC2C[C@H]1C(N)=O)C12CC3CC(CC(O)(C3)C1)C2.I.II.I[I-]I.O.O=P(Cl)(Cl)Cl.[C-]#[N+][C@@H]1CC2CC2N1C(=O)[C@@H](N)C12CC3CC(CC(O)(C3)C1)C2.[C-]#[N+][C@@H]1CC2CC2N1C(=O)[C@@H](NC(=O)OC(C)(C)C)C12CC3CC(CC(O)(C3)C1)C2. The zero-order valence-electron chi connectivity index (χ0n) is 55.1. The van der Waals surface area contributed by atoms with Crippen LogP contribution < -0.4 is 35.4 Å². The zero-order valence-corrected chi connectivity index (χ0v) is 71.4. The van der Waals surface area contributed by atoms with Gasteiger partial charge in [-0.05, 0) is 275 Å². The van der Waals surface area contributed by atoms with E-state index < -0.39 is 92.5 Å². The first-order valence-electron chi connectivity index (χ1n) is 33.3. The summed E-state index contributed by atoms with van der Waals surface area (Å²) in [7, 11) is 0. The Hall–Kier alpha value is 0.680. The number of primary amides is 1. The molecule has 15 saturated carbocycles. The van der Waals surface area contributed by atoms with Gasteiger partial charge < -0.3 is 57.3 Å². The van der Waals surface area contributed by atoms with Gasteiger partial charge in [0.15, 0.2) is 0 Å². The Morgan fingerprint density at radius 1 is 0.540 bits per heavy atom. The molecule has 18 aliphatic rings. The van der Waals surface area contributed by atoms with Crippen LogP contribution in [0.1, 0.15) is 225 Å². The topological polar surface area (TPSA) is 325 Å². The molecule has 18 fully saturated rings. The number of halogens is 9. The smallest absolute Gasteiger partial charge is 0.408 e. The average Bonchev–Trinajstić information content (AvgIpc) is 1.05. The van der Waals surface area contributed by atoms with Gasteiger partial charge >= 0.3 is 80.2 Å². The van der Waals surface area contributed by atoms with E-state index in [0.717, 1.165) is 122 Å². The molecule has 18 rings (SSSR count). The van der Waals surface area contributed by atoms with E-state index in [1.165, 1.54) is 6.42 Å². The predicted molar refractivity (Wildman–Crippen MR) is 432 cm³/mol. The second-order valence-corrected chi connectivity index (χ2v) is 56.4. The van der Waals surface area contributed by atoms with Gasteiger partial charge in [-0.25, -0.2) is 22.7 Å². The van der Waals surface area contributed by atoms with E-state index in [2.05, 4.69) is 129 Å². The number of hydrogen-bond acceptors (Lipinski definition) is 13. The van der Waals surface area contributed by atoms with E-state index >= 15 is 0 Å². The van der Waals surface area contributed by atoms with Gasteiger partial charge in [0.05, 0.1) is 22.8 Å². The molecule has 11 N–H and O–H groups in total. The zero-order chi connectivity index (χ0) is 69.0. The van der Waals surface area contributed by atoms with Crippen LogP contribution in [0.2, 0.25) is 0 Å². The van der Waals surface area contributed by atoms with Crippen molar-refractivity contribution in [2.24, 2.45) is 81.0 Å². The Balaban J connectivity index is 0.000000292. The molecule has 0 radical (unpaired) electrons. The molecule has 0 spiro atoms. The molecule has 18 atom stereocenters. The van der Waals surface area contributed by atoms with Crippen LogP contribution in [-0.2, 0) is 33.2 Å². The van der Waals surface area contributed by atoms with Gasteiger partial charge in [-0.1, -0.05) is 29.7 Å². The van der Waals surface area contributed by atoms with Crippen molar-refractivity contribution >= 4 is 173 Å². The number of alkyl carbamates (subject to hydrolysis) is 2. The van der Waals surface area contributed by atoms with Crippen molar-refractivity contribution in [1.82, 2.24) is 25.3 Å². The van der Waals surface area contributed by atoms with Crippen molar-refractivity contribution in [3.63, 3.8) is 0 Å². The number of piperidine rings is 3. The summed E-state index contributed by atoms with van der Waals surface area (Å²) in [6.45, 7) is 25.7. The van der Waals surface area contributed by atoms with Crippen LogP contribution in [0.4, 0.5) is 9.59 Å². The number of nitrogens with two attached hydrogens (primary N) is 2. The van der Waals surface area contributed by atoms with E-state index in [1.807, 2.05) is 4.90 Å². The molecule has 12 unspecified atom stereocenters. The fraction of sp³-hybridized carbons (Fsp3) is 0.882. The second kappa shape index (κ2) is 34.9. The van der Waals surface area contributed by atoms with E-state index in [1.54, 1.807) is 51.3 Å². The number of rotatable bonds is 9. The van der Waals surface area contributed by atoms with Crippen LogP contribution in [0.5, 0.6) is 0 Å². The summed E-state index contributed by atoms with van der Waals surface area (Å²) < 4.78 is 20.5. The maximum Gasteiger partial charge on any atom is 0.408 e. The predicted octanol–water partition coefficient (Wildman–Crippen LogP) is 12.0. The number of carbonyl (C=O) groups is 6. The van der Waals surface area contributed by atoms with Gasteiger partial charge in [0.2, 0.25) is 17.7 Å². The average molecular weight is 2160 g/mol. The first-order chi connectivity index (χ1) is 43.7. The third-order valence-corrected chi connectivity index (χ3v) is 23.8. The molecule has 100 heavy (non-hydrogen) atoms. The number of hydrogen-bond donors (Lipinski definition) is 7. The summed E-state index contributed by atoms with van der Waals surface area (Å²) >= 11 is 23.4. The monoisotopic (exact) mass is 2160 g/mol. The summed E-state index contributed by atoms with van der Waals surface area (Å²) in [5, 5.41) is 36.0. The largest absolute Gasteiger partial charge is 0.444 e. The Morgan fingerprint density at radius 2 is 0.810 bits per heavy atom.